The number of benzene rings is 1. The average Bonchev–Trinajstić information content (AvgIpc) is 2.99. The molecule has 1 N–H and O–H groups in total. The van der Waals surface area contributed by atoms with Crippen molar-refractivity contribution in [2.24, 2.45) is 17.3 Å². The van der Waals surface area contributed by atoms with Gasteiger partial charge in [0.25, 0.3) is 0 Å². The Bertz CT molecular complexity index is 858. The molecule has 2 atom stereocenters. The number of carbonyl (C=O) groups is 1. The summed E-state index contributed by atoms with van der Waals surface area (Å²) >= 11 is 4.00. The number of aromatic nitrogens is 2. The number of hydrogen-bond acceptors (Lipinski definition) is 2. The van der Waals surface area contributed by atoms with Gasteiger partial charge in [0, 0.05) is 29.0 Å². The van der Waals surface area contributed by atoms with Crippen LogP contribution in [0, 0.1) is 24.2 Å². The Morgan fingerprint density at radius 3 is 2.52 bits per heavy atom. The number of aryl methyl sites for hydroxylation is 1. The first-order chi connectivity index (χ1) is 12.9. The summed E-state index contributed by atoms with van der Waals surface area (Å²) in [6.07, 6.45) is 10.8. The number of anilines is 1. The number of carbonyl (C=O) groups excluding carboxylic acids is 1. The lowest BCUT2D eigenvalue weighted by Gasteiger charge is -2.59. The van der Waals surface area contributed by atoms with E-state index < -0.39 is 0 Å². The van der Waals surface area contributed by atoms with Crippen LogP contribution >= 0.6 is 15.9 Å². The minimum absolute atomic E-state index is 0.166. The van der Waals surface area contributed by atoms with Gasteiger partial charge in [0.1, 0.15) is 5.82 Å². The highest BCUT2D eigenvalue weighted by molar-refractivity contribution is 9.10. The Morgan fingerprint density at radius 2 is 1.93 bits per heavy atom. The standard InChI is InChI=1S/C22H26BrN3O/c1-15-24-6-7-26(15)13-16-2-4-19(5-3-16)25-20(27)21-9-17-8-18(10-21)12-22(23,11-17)14-21/h2-7,17-18H,8-14H2,1H3,(H,25,27). The van der Waals surface area contributed by atoms with Crippen molar-refractivity contribution < 1.29 is 4.79 Å². The number of alkyl halides is 1. The number of imidazole rings is 1. The van der Waals surface area contributed by atoms with Crippen molar-refractivity contribution >= 4 is 27.5 Å². The highest BCUT2D eigenvalue weighted by atomic mass is 79.9. The first-order valence-electron chi connectivity index (χ1n) is 10.0. The molecule has 1 heterocycles. The van der Waals surface area contributed by atoms with Gasteiger partial charge in [-0.15, -0.1) is 0 Å². The minimum Gasteiger partial charge on any atom is -0.331 e. The maximum Gasteiger partial charge on any atom is 0.230 e. The second-order valence-corrected chi connectivity index (χ2v) is 10.8. The fourth-order valence-electron chi connectivity index (χ4n) is 6.14. The monoisotopic (exact) mass is 427 g/mol. The van der Waals surface area contributed by atoms with Crippen molar-refractivity contribution in [2.45, 2.75) is 56.3 Å². The van der Waals surface area contributed by atoms with Crippen molar-refractivity contribution in [1.29, 1.82) is 0 Å². The van der Waals surface area contributed by atoms with Crippen LogP contribution in [0.5, 0.6) is 0 Å². The number of rotatable bonds is 4. The summed E-state index contributed by atoms with van der Waals surface area (Å²) in [6, 6.07) is 8.26. The molecular formula is C22H26BrN3O. The Balaban J connectivity index is 1.29. The quantitative estimate of drug-likeness (QED) is 0.704. The van der Waals surface area contributed by atoms with Crippen LogP contribution in [0.4, 0.5) is 5.69 Å². The van der Waals surface area contributed by atoms with Gasteiger partial charge in [-0.1, -0.05) is 28.1 Å². The molecule has 1 aromatic carbocycles. The molecule has 6 rings (SSSR count). The highest BCUT2D eigenvalue weighted by Crippen LogP contribution is 2.64. The molecule has 4 aliphatic rings. The van der Waals surface area contributed by atoms with E-state index in [1.54, 1.807) is 0 Å². The van der Waals surface area contributed by atoms with Gasteiger partial charge >= 0.3 is 0 Å². The number of hydrogen-bond donors (Lipinski definition) is 1. The van der Waals surface area contributed by atoms with Crippen molar-refractivity contribution in [3.05, 3.63) is 48.0 Å². The van der Waals surface area contributed by atoms with Crippen molar-refractivity contribution in [3.63, 3.8) is 0 Å². The lowest BCUT2D eigenvalue weighted by atomic mass is 9.49. The van der Waals surface area contributed by atoms with Crippen molar-refractivity contribution in [3.8, 4) is 0 Å². The lowest BCUT2D eigenvalue weighted by Crippen LogP contribution is -2.57. The molecule has 1 amide bonds. The fourth-order valence-corrected chi connectivity index (χ4v) is 7.59. The van der Waals surface area contributed by atoms with E-state index in [-0.39, 0.29) is 15.6 Å². The third-order valence-electron chi connectivity index (χ3n) is 6.96. The second-order valence-electron chi connectivity index (χ2n) is 9.15. The molecule has 2 aromatic rings. The predicted octanol–water partition coefficient (Wildman–Crippen LogP) is 4.91. The van der Waals surface area contributed by atoms with E-state index in [4.69, 9.17) is 0 Å². The predicted molar refractivity (Wildman–Crippen MR) is 110 cm³/mol. The molecule has 27 heavy (non-hydrogen) atoms. The molecule has 1 aromatic heterocycles. The molecule has 4 saturated carbocycles. The molecule has 2 unspecified atom stereocenters. The van der Waals surface area contributed by atoms with E-state index >= 15 is 0 Å². The van der Waals surface area contributed by atoms with Gasteiger partial charge in [-0.05, 0) is 75.0 Å². The number of amides is 1. The maximum absolute atomic E-state index is 13.2. The average molecular weight is 428 g/mol. The van der Waals surface area contributed by atoms with Gasteiger partial charge in [0.15, 0.2) is 0 Å². The molecule has 5 heteroatoms. The Hall–Kier alpha value is -1.62. The number of nitrogens with one attached hydrogen (secondary N) is 1. The Morgan fingerprint density at radius 1 is 1.22 bits per heavy atom. The summed E-state index contributed by atoms with van der Waals surface area (Å²) in [4.78, 5) is 17.5. The zero-order valence-corrected chi connectivity index (χ0v) is 17.3. The molecule has 142 valence electrons. The Kier molecular flexibility index (Phi) is 4.01. The van der Waals surface area contributed by atoms with E-state index in [9.17, 15) is 4.79 Å². The van der Waals surface area contributed by atoms with E-state index in [1.807, 2.05) is 31.5 Å². The van der Waals surface area contributed by atoms with Crippen LogP contribution in [0.25, 0.3) is 0 Å². The molecular weight excluding hydrogens is 402 g/mol. The first kappa shape index (κ1) is 17.5. The van der Waals surface area contributed by atoms with Gasteiger partial charge in [-0.2, -0.15) is 0 Å². The Labute approximate surface area is 168 Å². The summed E-state index contributed by atoms with van der Waals surface area (Å²) in [6.45, 7) is 2.82. The van der Waals surface area contributed by atoms with E-state index in [0.29, 0.717) is 0 Å². The summed E-state index contributed by atoms with van der Waals surface area (Å²) < 4.78 is 2.33. The lowest BCUT2D eigenvalue weighted by molar-refractivity contribution is -0.138. The zero-order valence-electron chi connectivity index (χ0n) is 15.7. The van der Waals surface area contributed by atoms with Crippen LogP contribution in [0.2, 0.25) is 0 Å². The van der Waals surface area contributed by atoms with Crippen LogP contribution in [0.15, 0.2) is 36.7 Å². The molecule has 4 bridgehead atoms. The summed E-state index contributed by atoms with van der Waals surface area (Å²) in [5, 5.41) is 3.23. The van der Waals surface area contributed by atoms with E-state index in [1.165, 1.54) is 24.8 Å². The van der Waals surface area contributed by atoms with Crippen LogP contribution in [-0.2, 0) is 11.3 Å². The largest absolute Gasteiger partial charge is 0.331 e. The number of nitrogens with zero attached hydrogens (tertiary/aromatic N) is 2. The van der Waals surface area contributed by atoms with E-state index in [0.717, 1.165) is 49.2 Å². The van der Waals surface area contributed by atoms with Crippen molar-refractivity contribution in [1.82, 2.24) is 9.55 Å². The van der Waals surface area contributed by atoms with Crippen LogP contribution in [0.3, 0.4) is 0 Å². The van der Waals surface area contributed by atoms with Gasteiger partial charge in [-0.3, -0.25) is 4.79 Å². The van der Waals surface area contributed by atoms with Gasteiger partial charge < -0.3 is 9.88 Å². The zero-order chi connectivity index (χ0) is 18.6. The van der Waals surface area contributed by atoms with Gasteiger partial charge in [0.05, 0.1) is 5.41 Å². The normalized spacial score (nSPS) is 34.0. The van der Waals surface area contributed by atoms with Gasteiger partial charge in [-0.25, -0.2) is 4.98 Å². The topological polar surface area (TPSA) is 46.9 Å². The first-order valence-corrected chi connectivity index (χ1v) is 10.8. The summed E-state index contributed by atoms with van der Waals surface area (Å²) in [7, 11) is 0. The maximum atomic E-state index is 13.2. The van der Waals surface area contributed by atoms with Crippen LogP contribution < -0.4 is 5.32 Å². The molecule has 4 nitrogen and oxygen atoms in total. The molecule has 0 spiro atoms. The molecule has 4 fully saturated rings. The molecule has 0 aliphatic heterocycles. The third-order valence-corrected chi connectivity index (χ3v) is 7.89. The van der Waals surface area contributed by atoms with Crippen LogP contribution in [0.1, 0.15) is 49.9 Å². The summed E-state index contributed by atoms with van der Waals surface area (Å²) in [5.41, 5.74) is 1.95. The fraction of sp³-hybridized carbons (Fsp3) is 0.545. The molecule has 0 saturated heterocycles. The van der Waals surface area contributed by atoms with Crippen LogP contribution in [-0.4, -0.2) is 19.8 Å². The van der Waals surface area contributed by atoms with Crippen molar-refractivity contribution in [2.75, 3.05) is 5.32 Å². The smallest absolute Gasteiger partial charge is 0.230 e. The SMILES string of the molecule is Cc1nccn1Cc1ccc(NC(=O)C23CC4CC(CC(Br)(C4)C2)C3)cc1. The van der Waals surface area contributed by atoms with Gasteiger partial charge in [0.2, 0.25) is 5.91 Å². The highest BCUT2D eigenvalue weighted by Gasteiger charge is 2.59. The number of halogens is 1. The minimum atomic E-state index is -0.166. The third kappa shape index (κ3) is 3.14. The summed E-state index contributed by atoms with van der Waals surface area (Å²) in [5.74, 6) is 2.69. The molecule has 4 aliphatic carbocycles. The molecule has 0 radical (unpaired) electrons. The van der Waals surface area contributed by atoms with E-state index in [2.05, 4.69) is 42.9 Å². The second kappa shape index (κ2) is 6.20.